The van der Waals surface area contributed by atoms with Gasteiger partial charge < -0.3 is 19.0 Å². The minimum atomic E-state index is 0. The van der Waals surface area contributed by atoms with E-state index < -0.39 is 0 Å². The van der Waals surface area contributed by atoms with Crippen molar-refractivity contribution in [2.24, 2.45) is 0 Å². The second-order valence-corrected chi connectivity index (χ2v) is 6.85. The van der Waals surface area contributed by atoms with Crippen molar-refractivity contribution in [2.45, 2.75) is 32.9 Å². The van der Waals surface area contributed by atoms with E-state index in [-0.39, 0.29) is 18.4 Å². The van der Waals surface area contributed by atoms with Crippen molar-refractivity contribution in [3.8, 4) is 17.2 Å². The molecule has 152 valence electrons. The SMILES string of the molecule is CNC(C)Cc1noc(-c2ccccc2OCc2cn3cccc(C)c3n2)n1.Cl. The molecule has 0 radical (unpaired) electrons. The fourth-order valence-electron chi connectivity index (χ4n) is 3.02. The summed E-state index contributed by atoms with van der Waals surface area (Å²) in [5, 5.41) is 7.25. The van der Waals surface area contributed by atoms with E-state index in [2.05, 4.69) is 27.4 Å². The molecule has 0 saturated carbocycles. The standard InChI is InChI=1S/C21H23N5O2.ClH/c1-14-7-6-10-26-12-16(23-20(14)26)13-27-18-9-5-4-8-17(18)21-24-19(25-28-21)11-15(2)22-3;/h4-10,12,15,22H,11,13H2,1-3H3;1H. The van der Waals surface area contributed by atoms with E-state index in [0.717, 1.165) is 22.5 Å². The zero-order chi connectivity index (χ0) is 19.5. The Hall–Kier alpha value is -2.90. The lowest BCUT2D eigenvalue weighted by Gasteiger charge is -2.07. The summed E-state index contributed by atoms with van der Waals surface area (Å²) in [4.78, 5) is 9.17. The van der Waals surface area contributed by atoms with Crippen LogP contribution in [0.4, 0.5) is 0 Å². The third kappa shape index (κ3) is 4.58. The van der Waals surface area contributed by atoms with Crippen molar-refractivity contribution in [2.75, 3.05) is 7.05 Å². The summed E-state index contributed by atoms with van der Waals surface area (Å²) >= 11 is 0. The minimum absolute atomic E-state index is 0. The van der Waals surface area contributed by atoms with Crippen LogP contribution in [0, 0.1) is 6.92 Å². The molecule has 0 aliphatic rings. The first kappa shape index (κ1) is 20.8. The lowest BCUT2D eigenvalue weighted by molar-refractivity contribution is 0.301. The Balaban J connectivity index is 0.00000240. The molecule has 0 aliphatic carbocycles. The molecule has 4 aromatic rings. The van der Waals surface area contributed by atoms with E-state index >= 15 is 0 Å². The van der Waals surface area contributed by atoms with Gasteiger partial charge in [0.1, 0.15) is 18.0 Å². The Kier molecular flexibility index (Phi) is 6.51. The monoisotopic (exact) mass is 413 g/mol. The number of ether oxygens (including phenoxy) is 1. The number of fused-ring (bicyclic) bond motifs is 1. The number of nitrogens with zero attached hydrogens (tertiary/aromatic N) is 4. The highest BCUT2D eigenvalue weighted by atomic mass is 35.5. The Morgan fingerprint density at radius 2 is 2.00 bits per heavy atom. The molecular formula is C21H24ClN5O2. The molecule has 1 unspecified atom stereocenters. The van der Waals surface area contributed by atoms with Crippen LogP contribution in [0.25, 0.3) is 17.1 Å². The van der Waals surface area contributed by atoms with Crippen molar-refractivity contribution in [3.05, 3.63) is 65.9 Å². The van der Waals surface area contributed by atoms with Gasteiger partial charge in [-0.3, -0.25) is 0 Å². The zero-order valence-electron chi connectivity index (χ0n) is 16.6. The summed E-state index contributed by atoms with van der Waals surface area (Å²) in [5.41, 5.74) is 3.70. The van der Waals surface area contributed by atoms with Crippen LogP contribution in [0.3, 0.4) is 0 Å². The number of likely N-dealkylation sites (N-methyl/N-ethyl adjacent to an activating group) is 1. The molecule has 4 rings (SSSR count). The van der Waals surface area contributed by atoms with Crippen LogP contribution in [0.1, 0.15) is 24.0 Å². The molecule has 0 fully saturated rings. The Morgan fingerprint density at radius 3 is 2.79 bits per heavy atom. The van der Waals surface area contributed by atoms with Gasteiger partial charge in [0.2, 0.25) is 0 Å². The molecule has 8 heteroatoms. The first-order valence-corrected chi connectivity index (χ1v) is 9.29. The van der Waals surface area contributed by atoms with Crippen LogP contribution in [-0.4, -0.2) is 32.6 Å². The van der Waals surface area contributed by atoms with Crippen LogP contribution in [-0.2, 0) is 13.0 Å². The van der Waals surface area contributed by atoms with Gasteiger partial charge in [0, 0.05) is 24.9 Å². The van der Waals surface area contributed by atoms with Crippen LogP contribution in [0.5, 0.6) is 5.75 Å². The smallest absolute Gasteiger partial charge is 0.261 e. The molecule has 1 aromatic carbocycles. The van der Waals surface area contributed by atoms with Gasteiger partial charge in [0.15, 0.2) is 5.82 Å². The number of halogens is 1. The van der Waals surface area contributed by atoms with Gasteiger partial charge in [-0.1, -0.05) is 23.4 Å². The largest absolute Gasteiger partial charge is 0.486 e. The van der Waals surface area contributed by atoms with Gasteiger partial charge in [-0.2, -0.15) is 4.98 Å². The molecule has 0 aliphatic heterocycles. The molecule has 3 heterocycles. The van der Waals surface area contributed by atoms with Gasteiger partial charge in [-0.25, -0.2) is 4.98 Å². The highest BCUT2D eigenvalue weighted by molar-refractivity contribution is 5.85. The highest BCUT2D eigenvalue weighted by Crippen LogP contribution is 2.29. The van der Waals surface area contributed by atoms with E-state index in [4.69, 9.17) is 9.26 Å². The molecule has 0 bridgehead atoms. The summed E-state index contributed by atoms with van der Waals surface area (Å²) in [7, 11) is 1.91. The number of imidazole rings is 1. The summed E-state index contributed by atoms with van der Waals surface area (Å²) in [5.74, 6) is 1.82. The first-order valence-electron chi connectivity index (χ1n) is 9.29. The molecule has 0 amide bonds. The molecule has 1 atom stereocenters. The van der Waals surface area contributed by atoms with Gasteiger partial charge in [0.05, 0.1) is 11.3 Å². The van der Waals surface area contributed by atoms with Crippen molar-refractivity contribution >= 4 is 18.1 Å². The second-order valence-electron chi connectivity index (χ2n) is 6.85. The van der Waals surface area contributed by atoms with Crippen molar-refractivity contribution < 1.29 is 9.26 Å². The lowest BCUT2D eigenvalue weighted by Crippen LogP contribution is -2.24. The predicted molar refractivity (Wildman–Crippen MR) is 113 cm³/mol. The fourth-order valence-corrected chi connectivity index (χ4v) is 3.02. The average Bonchev–Trinajstić information content (AvgIpc) is 3.34. The van der Waals surface area contributed by atoms with Gasteiger partial charge in [-0.15, -0.1) is 12.4 Å². The van der Waals surface area contributed by atoms with Crippen molar-refractivity contribution in [1.82, 2.24) is 24.8 Å². The van der Waals surface area contributed by atoms with Gasteiger partial charge in [0.25, 0.3) is 5.89 Å². The number of hydrogen-bond acceptors (Lipinski definition) is 6. The number of aryl methyl sites for hydroxylation is 1. The zero-order valence-corrected chi connectivity index (χ0v) is 17.4. The van der Waals surface area contributed by atoms with E-state index in [1.54, 1.807) is 0 Å². The maximum absolute atomic E-state index is 6.04. The Labute approximate surface area is 175 Å². The number of rotatable bonds is 7. The van der Waals surface area contributed by atoms with E-state index in [1.165, 1.54) is 0 Å². The molecule has 3 aromatic heterocycles. The normalized spacial score (nSPS) is 12.0. The van der Waals surface area contributed by atoms with Gasteiger partial charge in [-0.05, 0) is 44.7 Å². The molecule has 0 spiro atoms. The van der Waals surface area contributed by atoms with Gasteiger partial charge >= 0.3 is 0 Å². The third-order valence-electron chi connectivity index (χ3n) is 4.67. The topological polar surface area (TPSA) is 77.5 Å². The van der Waals surface area contributed by atoms with E-state index in [0.29, 0.717) is 30.5 Å². The minimum Gasteiger partial charge on any atom is -0.486 e. The van der Waals surface area contributed by atoms with Crippen molar-refractivity contribution in [3.63, 3.8) is 0 Å². The Bertz CT molecular complexity index is 1090. The van der Waals surface area contributed by atoms with Crippen LogP contribution in [0.2, 0.25) is 0 Å². The number of aromatic nitrogens is 4. The lowest BCUT2D eigenvalue weighted by atomic mass is 10.2. The number of pyridine rings is 1. The van der Waals surface area contributed by atoms with E-state index in [1.807, 2.05) is 67.2 Å². The summed E-state index contributed by atoms with van der Waals surface area (Å²) in [6.07, 6.45) is 4.66. The predicted octanol–water partition coefficient (Wildman–Crippen LogP) is 3.84. The van der Waals surface area contributed by atoms with Crippen LogP contribution < -0.4 is 10.1 Å². The maximum atomic E-state index is 6.04. The summed E-state index contributed by atoms with van der Waals surface area (Å²) in [6, 6.07) is 12.0. The molecule has 0 saturated heterocycles. The quantitative estimate of drug-likeness (QED) is 0.496. The second kappa shape index (κ2) is 9.07. The van der Waals surface area contributed by atoms with E-state index in [9.17, 15) is 0 Å². The molecule has 1 N–H and O–H groups in total. The molecular weight excluding hydrogens is 390 g/mol. The Morgan fingerprint density at radius 1 is 1.17 bits per heavy atom. The number of benzene rings is 1. The maximum Gasteiger partial charge on any atom is 0.261 e. The highest BCUT2D eigenvalue weighted by Gasteiger charge is 2.15. The first-order chi connectivity index (χ1) is 13.6. The summed E-state index contributed by atoms with van der Waals surface area (Å²) < 4.78 is 13.5. The fraction of sp³-hybridized carbons (Fsp3) is 0.286. The number of para-hydroxylation sites is 1. The molecule has 29 heavy (non-hydrogen) atoms. The number of hydrogen-bond donors (Lipinski definition) is 1. The van der Waals surface area contributed by atoms with Crippen LogP contribution in [0.15, 0.2) is 53.3 Å². The van der Waals surface area contributed by atoms with Crippen LogP contribution >= 0.6 is 12.4 Å². The third-order valence-corrected chi connectivity index (χ3v) is 4.67. The average molecular weight is 414 g/mol. The number of nitrogens with one attached hydrogen (secondary N) is 1. The van der Waals surface area contributed by atoms with Crippen molar-refractivity contribution in [1.29, 1.82) is 0 Å². The molecule has 7 nitrogen and oxygen atoms in total. The summed E-state index contributed by atoms with van der Waals surface area (Å²) in [6.45, 7) is 4.48.